The van der Waals surface area contributed by atoms with Gasteiger partial charge in [0.2, 0.25) is 5.88 Å². The van der Waals surface area contributed by atoms with Gasteiger partial charge in [-0.15, -0.1) is 16.4 Å². The molecule has 1 aliphatic rings. The minimum absolute atomic E-state index is 0.0274. The summed E-state index contributed by atoms with van der Waals surface area (Å²) in [6.45, 7) is 5.01. The second-order valence-corrected chi connectivity index (χ2v) is 6.11. The third-order valence-electron chi connectivity index (χ3n) is 3.33. The molecule has 3 rings (SSSR count). The van der Waals surface area contributed by atoms with E-state index in [1.165, 1.54) is 11.3 Å². The SMILES string of the molecule is Cc1ccc(O[C@H]2CCN(C(=O)c3csc(C)n3)C2)nn1. The highest BCUT2D eigenvalue weighted by molar-refractivity contribution is 7.09. The van der Waals surface area contributed by atoms with Gasteiger partial charge in [-0.1, -0.05) is 0 Å². The first-order chi connectivity index (χ1) is 10.1. The zero-order chi connectivity index (χ0) is 14.8. The van der Waals surface area contributed by atoms with Crippen LogP contribution in [0.5, 0.6) is 5.88 Å². The smallest absolute Gasteiger partial charge is 0.273 e. The lowest BCUT2D eigenvalue weighted by Crippen LogP contribution is -2.31. The summed E-state index contributed by atoms with van der Waals surface area (Å²) in [6, 6.07) is 3.66. The summed E-state index contributed by atoms with van der Waals surface area (Å²) < 4.78 is 5.77. The lowest BCUT2D eigenvalue weighted by molar-refractivity contribution is 0.0766. The third-order valence-corrected chi connectivity index (χ3v) is 4.10. The van der Waals surface area contributed by atoms with Crippen LogP contribution in [0.2, 0.25) is 0 Å². The van der Waals surface area contributed by atoms with Gasteiger partial charge in [0, 0.05) is 24.4 Å². The maximum atomic E-state index is 12.3. The van der Waals surface area contributed by atoms with E-state index < -0.39 is 0 Å². The van der Waals surface area contributed by atoms with Crippen molar-refractivity contribution in [2.24, 2.45) is 0 Å². The van der Waals surface area contributed by atoms with Crippen molar-refractivity contribution in [2.45, 2.75) is 26.4 Å². The first-order valence-corrected chi connectivity index (χ1v) is 7.68. The minimum atomic E-state index is -0.0364. The van der Waals surface area contributed by atoms with Gasteiger partial charge < -0.3 is 9.64 Å². The number of aromatic nitrogens is 3. The Morgan fingerprint density at radius 3 is 2.90 bits per heavy atom. The summed E-state index contributed by atoms with van der Waals surface area (Å²) in [7, 11) is 0. The van der Waals surface area contributed by atoms with Crippen LogP contribution in [0.3, 0.4) is 0 Å². The molecule has 6 nitrogen and oxygen atoms in total. The lowest BCUT2D eigenvalue weighted by atomic mass is 10.3. The quantitative estimate of drug-likeness (QED) is 0.865. The number of carbonyl (C=O) groups is 1. The van der Waals surface area contributed by atoms with Crippen molar-refractivity contribution in [3.8, 4) is 5.88 Å². The van der Waals surface area contributed by atoms with Gasteiger partial charge in [0.1, 0.15) is 11.8 Å². The highest BCUT2D eigenvalue weighted by atomic mass is 32.1. The fraction of sp³-hybridized carbons (Fsp3) is 0.429. The molecule has 21 heavy (non-hydrogen) atoms. The molecule has 7 heteroatoms. The van der Waals surface area contributed by atoms with E-state index in [0.717, 1.165) is 17.1 Å². The van der Waals surface area contributed by atoms with E-state index in [1.807, 2.05) is 19.9 Å². The molecule has 0 bridgehead atoms. The number of thiazole rings is 1. The number of rotatable bonds is 3. The summed E-state index contributed by atoms with van der Waals surface area (Å²) in [4.78, 5) is 18.3. The summed E-state index contributed by atoms with van der Waals surface area (Å²) in [5.74, 6) is 0.477. The first-order valence-electron chi connectivity index (χ1n) is 6.80. The van der Waals surface area contributed by atoms with Crippen LogP contribution in [-0.4, -0.2) is 45.2 Å². The maximum Gasteiger partial charge on any atom is 0.273 e. The highest BCUT2D eigenvalue weighted by Gasteiger charge is 2.29. The number of amides is 1. The Labute approximate surface area is 126 Å². The molecule has 1 saturated heterocycles. The molecule has 1 fully saturated rings. The van der Waals surface area contributed by atoms with Crippen molar-refractivity contribution in [1.82, 2.24) is 20.1 Å². The average molecular weight is 304 g/mol. The molecule has 1 aliphatic heterocycles. The molecule has 0 N–H and O–H groups in total. The van der Waals surface area contributed by atoms with E-state index in [9.17, 15) is 4.79 Å². The summed E-state index contributed by atoms with van der Waals surface area (Å²) in [5.41, 5.74) is 1.37. The van der Waals surface area contributed by atoms with Crippen LogP contribution in [-0.2, 0) is 0 Å². The average Bonchev–Trinajstić information content (AvgIpc) is 3.10. The van der Waals surface area contributed by atoms with Crippen molar-refractivity contribution < 1.29 is 9.53 Å². The number of aryl methyl sites for hydroxylation is 2. The number of likely N-dealkylation sites (tertiary alicyclic amines) is 1. The van der Waals surface area contributed by atoms with Gasteiger partial charge in [-0.3, -0.25) is 4.79 Å². The van der Waals surface area contributed by atoms with Crippen molar-refractivity contribution in [1.29, 1.82) is 0 Å². The third kappa shape index (κ3) is 3.18. The van der Waals surface area contributed by atoms with Gasteiger partial charge in [-0.25, -0.2) is 4.98 Å². The Morgan fingerprint density at radius 1 is 1.38 bits per heavy atom. The molecule has 1 atom stereocenters. The molecule has 110 valence electrons. The summed E-state index contributed by atoms with van der Waals surface area (Å²) in [5, 5.41) is 10.7. The second kappa shape index (κ2) is 5.77. The molecular weight excluding hydrogens is 288 g/mol. The van der Waals surface area contributed by atoms with Gasteiger partial charge in [-0.2, -0.15) is 5.10 Å². The molecular formula is C14H16N4O2S. The van der Waals surface area contributed by atoms with Crippen LogP contribution in [0.4, 0.5) is 0 Å². The largest absolute Gasteiger partial charge is 0.471 e. The number of nitrogens with zero attached hydrogens (tertiary/aromatic N) is 4. The van der Waals surface area contributed by atoms with E-state index in [4.69, 9.17) is 4.74 Å². The molecule has 0 radical (unpaired) electrons. The van der Waals surface area contributed by atoms with Gasteiger partial charge in [0.15, 0.2) is 0 Å². The molecule has 0 saturated carbocycles. The predicted molar refractivity (Wildman–Crippen MR) is 78.6 cm³/mol. The predicted octanol–water partition coefficient (Wildman–Crippen LogP) is 1.84. The molecule has 0 aromatic carbocycles. The van der Waals surface area contributed by atoms with Gasteiger partial charge in [0.05, 0.1) is 17.2 Å². The Balaban J connectivity index is 1.60. The van der Waals surface area contributed by atoms with E-state index >= 15 is 0 Å². The topological polar surface area (TPSA) is 68.2 Å². The van der Waals surface area contributed by atoms with Gasteiger partial charge in [-0.05, 0) is 19.9 Å². The Hall–Kier alpha value is -2.02. The number of ether oxygens (including phenoxy) is 1. The molecule has 0 unspecified atom stereocenters. The Morgan fingerprint density at radius 2 is 2.24 bits per heavy atom. The normalized spacial score (nSPS) is 18.0. The zero-order valence-electron chi connectivity index (χ0n) is 11.9. The van der Waals surface area contributed by atoms with Crippen LogP contribution < -0.4 is 4.74 Å². The fourth-order valence-electron chi connectivity index (χ4n) is 2.25. The molecule has 1 amide bonds. The highest BCUT2D eigenvalue weighted by Crippen LogP contribution is 2.19. The molecule has 3 heterocycles. The molecule has 2 aromatic rings. The Bertz CT molecular complexity index is 641. The van der Waals surface area contributed by atoms with Crippen molar-refractivity contribution in [3.63, 3.8) is 0 Å². The standard InChI is InChI=1S/C14H16N4O2S/c1-9-3-4-13(17-16-9)20-11-5-6-18(7-11)14(19)12-8-21-10(2)15-12/h3-4,8,11H,5-7H2,1-2H3/t11-/m0/s1. The number of hydrogen-bond donors (Lipinski definition) is 0. The van der Waals surface area contributed by atoms with Gasteiger partial charge in [0.25, 0.3) is 5.91 Å². The monoisotopic (exact) mass is 304 g/mol. The van der Waals surface area contributed by atoms with Crippen LogP contribution in [0.1, 0.15) is 27.6 Å². The van der Waals surface area contributed by atoms with Gasteiger partial charge >= 0.3 is 0 Å². The first kappa shape index (κ1) is 13.9. The van der Waals surface area contributed by atoms with E-state index in [-0.39, 0.29) is 12.0 Å². The van der Waals surface area contributed by atoms with Crippen LogP contribution in [0.25, 0.3) is 0 Å². The summed E-state index contributed by atoms with van der Waals surface area (Å²) in [6.07, 6.45) is 0.760. The van der Waals surface area contributed by atoms with Crippen molar-refractivity contribution in [3.05, 3.63) is 33.9 Å². The van der Waals surface area contributed by atoms with Crippen LogP contribution in [0.15, 0.2) is 17.5 Å². The number of carbonyl (C=O) groups excluding carboxylic acids is 1. The number of hydrogen-bond acceptors (Lipinski definition) is 6. The van der Waals surface area contributed by atoms with Crippen molar-refractivity contribution in [2.75, 3.05) is 13.1 Å². The fourth-order valence-corrected chi connectivity index (χ4v) is 2.84. The van der Waals surface area contributed by atoms with Crippen molar-refractivity contribution >= 4 is 17.2 Å². The van der Waals surface area contributed by atoms with Crippen LogP contribution >= 0.6 is 11.3 Å². The second-order valence-electron chi connectivity index (χ2n) is 5.04. The van der Waals surface area contributed by atoms with E-state index in [1.54, 1.807) is 16.3 Å². The maximum absolute atomic E-state index is 12.3. The molecule has 0 aliphatic carbocycles. The zero-order valence-corrected chi connectivity index (χ0v) is 12.8. The molecule has 2 aromatic heterocycles. The Kier molecular flexibility index (Phi) is 3.83. The lowest BCUT2D eigenvalue weighted by Gasteiger charge is -2.15. The van der Waals surface area contributed by atoms with E-state index in [0.29, 0.717) is 24.7 Å². The summed E-state index contributed by atoms with van der Waals surface area (Å²) >= 11 is 1.49. The minimum Gasteiger partial charge on any atom is -0.471 e. The van der Waals surface area contributed by atoms with E-state index in [2.05, 4.69) is 15.2 Å². The molecule has 0 spiro atoms. The van der Waals surface area contributed by atoms with Crippen LogP contribution in [0, 0.1) is 13.8 Å².